The Morgan fingerprint density at radius 3 is 2.44 bits per heavy atom. The van der Waals surface area contributed by atoms with Gasteiger partial charge in [0.05, 0.1) is 40.5 Å². The number of thiazole rings is 1. The van der Waals surface area contributed by atoms with Crippen molar-refractivity contribution in [2.24, 2.45) is 0 Å². The van der Waals surface area contributed by atoms with Gasteiger partial charge >= 0.3 is 6.03 Å². The number of aromatic amines is 1. The van der Waals surface area contributed by atoms with E-state index in [1.54, 1.807) is 24.1 Å². The number of rotatable bonds is 10. The average Bonchev–Trinajstić information content (AvgIpc) is 4.18. The van der Waals surface area contributed by atoms with Crippen LogP contribution in [0.1, 0.15) is 49.5 Å². The maximum absolute atomic E-state index is 15.9. The molecule has 3 saturated heterocycles. The number of fused-ring (bicyclic) bond motifs is 3. The van der Waals surface area contributed by atoms with Gasteiger partial charge in [0, 0.05) is 99.0 Å². The van der Waals surface area contributed by atoms with E-state index in [2.05, 4.69) is 45.2 Å². The van der Waals surface area contributed by atoms with E-state index in [0.717, 1.165) is 52.9 Å². The van der Waals surface area contributed by atoms with Crippen molar-refractivity contribution in [3.8, 4) is 11.1 Å². The molecule has 4 aliphatic heterocycles. The maximum atomic E-state index is 15.9. The normalized spacial score (nSPS) is 18.0. The van der Waals surface area contributed by atoms with Gasteiger partial charge in [-0.2, -0.15) is 10.2 Å². The van der Waals surface area contributed by atoms with Crippen molar-refractivity contribution in [2.45, 2.75) is 56.7 Å². The molecule has 338 valence electrons. The lowest BCUT2D eigenvalue weighted by molar-refractivity contribution is -0.137. The van der Waals surface area contributed by atoms with Gasteiger partial charge in [-0.05, 0) is 79.3 Å². The van der Waals surface area contributed by atoms with Crippen molar-refractivity contribution in [3.63, 3.8) is 0 Å². The second-order valence-electron chi connectivity index (χ2n) is 17.4. The van der Waals surface area contributed by atoms with E-state index in [0.29, 0.717) is 85.2 Å². The molecule has 5 amide bonds. The minimum absolute atomic E-state index is 0.0593. The quantitative estimate of drug-likeness (QED) is 0.143. The molecule has 0 radical (unpaired) electrons. The fraction of sp³-hybridized carbons (Fsp3) is 0.348. The highest BCUT2D eigenvalue weighted by Gasteiger charge is 2.37. The summed E-state index contributed by atoms with van der Waals surface area (Å²) in [4.78, 5) is 67.9. The first kappa shape index (κ1) is 41.5. The van der Waals surface area contributed by atoms with Crippen molar-refractivity contribution in [1.82, 2.24) is 44.7 Å². The maximum Gasteiger partial charge on any atom is 0.329 e. The van der Waals surface area contributed by atoms with Crippen molar-refractivity contribution in [2.75, 3.05) is 65.8 Å². The van der Waals surface area contributed by atoms with Crippen LogP contribution in [-0.2, 0) is 27.3 Å². The molecule has 0 bridgehead atoms. The summed E-state index contributed by atoms with van der Waals surface area (Å²) in [7, 11) is 0. The zero-order valence-electron chi connectivity index (χ0n) is 35.8. The summed E-state index contributed by atoms with van der Waals surface area (Å²) < 4.78 is 19.4. The number of carbonyl (C=O) groups is 4. The number of imidazole rings is 1. The number of nitrogens with zero attached hydrogens (tertiary/aromatic N) is 10. The number of benzene rings is 3. The number of H-pyrrole nitrogens is 1. The van der Waals surface area contributed by atoms with E-state index >= 15 is 4.39 Å². The van der Waals surface area contributed by atoms with E-state index in [4.69, 9.17) is 5.10 Å². The number of aromatic nitrogens is 7. The van der Waals surface area contributed by atoms with Crippen molar-refractivity contribution in [3.05, 3.63) is 95.9 Å². The Hall–Kier alpha value is -7.19. The van der Waals surface area contributed by atoms with Gasteiger partial charge in [-0.25, -0.2) is 19.2 Å². The smallest absolute Gasteiger partial charge is 0.329 e. The van der Waals surface area contributed by atoms with Crippen LogP contribution in [0.5, 0.6) is 0 Å². The van der Waals surface area contributed by atoms with Crippen LogP contribution in [0, 0.1) is 5.82 Å². The van der Waals surface area contributed by atoms with E-state index in [1.165, 1.54) is 27.0 Å². The van der Waals surface area contributed by atoms with E-state index in [1.807, 2.05) is 53.4 Å². The molecule has 0 aliphatic carbocycles. The van der Waals surface area contributed by atoms with Crippen LogP contribution in [0.25, 0.3) is 32.9 Å². The second-order valence-corrected chi connectivity index (χ2v) is 18.3. The highest BCUT2D eigenvalue weighted by molar-refractivity contribution is 7.13. The zero-order valence-corrected chi connectivity index (χ0v) is 36.6. The van der Waals surface area contributed by atoms with Gasteiger partial charge in [0.15, 0.2) is 17.0 Å². The lowest BCUT2D eigenvalue weighted by Gasteiger charge is -2.41. The molecular weight excluding hydrogens is 866 g/mol. The minimum Gasteiger partial charge on any atom is -0.389 e. The number of piperazine rings is 1. The standard InChI is InChI=1S/C46H46FN13O5S/c47-34-22-29(23-36-33(34)26-60(54-36)41(43(63)51-44-48-12-21-66-44)40-37-2-1-13-58(37)27-49-40)28-3-5-30(6-4-28)56-17-19-57(20-18-56)39(62)25-46(65)10-15-55(16-11-46)31-7-8-32-35(24-31)52-53-42(32)59-14-9-38(61)50-45(59)64/h3-8,12,21-24,26-27,41,65H,1-2,9-11,13-20,25H2,(H,52,53)(H,48,51,63)(H,50,61,64). The Morgan fingerprint density at radius 1 is 0.879 bits per heavy atom. The molecule has 0 saturated carbocycles. The zero-order chi connectivity index (χ0) is 45.1. The van der Waals surface area contributed by atoms with E-state index in [-0.39, 0.29) is 37.1 Å². The van der Waals surface area contributed by atoms with Crippen LogP contribution in [0.2, 0.25) is 0 Å². The van der Waals surface area contributed by atoms with Gasteiger partial charge in [-0.3, -0.25) is 39.7 Å². The van der Waals surface area contributed by atoms with Crippen LogP contribution in [0.15, 0.2) is 78.7 Å². The third kappa shape index (κ3) is 7.78. The molecule has 11 rings (SSSR count). The predicted molar refractivity (Wildman–Crippen MR) is 246 cm³/mol. The molecule has 1 unspecified atom stereocenters. The second kappa shape index (κ2) is 16.7. The van der Waals surface area contributed by atoms with Crippen LogP contribution >= 0.6 is 11.3 Å². The van der Waals surface area contributed by atoms with E-state index < -0.39 is 23.5 Å². The summed E-state index contributed by atoms with van der Waals surface area (Å²) in [6, 6.07) is 15.7. The molecule has 0 spiro atoms. The van der Waals surface area contributed by atoms with Crippen molar-refractivity contribution >= 4 is 79.2 Å². The summed E-state index contributed by atoms with van der Waals surface area (Å²) >= 11 is 1.31. The average molecular weight is 912 g/mol. The molecular formula is C46H46FN13O5S. The molecule has 4 aromatic heterocycles. The van der Waals surface area contributed by atoms with Gasteiger partial charge in [0.25, 0.3) is 5.91 Å². The summed E-state index contributed by atoms with van der Waals surface area (Å²) in [6.45, 7) is 4.55. The molecule has 4 aliphatic rings. The minimum atomic E-state index is -1.11. The van der Waals surface area contributed by atoms with Crippen molar-refractivity contribution < 1.29 is 28.7 Å². The third-order valence-corrected chi connectivity index (χ3v) is 14.1. The number of hydrogen-bond acceptors (Lipinski definition) is 12. The lowest BCUT2D eigenvalue weighted by atomic mass is 9.87. The summed E-state index contributed by atoms with van der Waals surface area (Å²) in [6.07, 6.45) is 7.84. The Balaban J connectivity index is 0.704. The Kier molecular flexibility index (Phi) is 10.5. The number of aryl methyl sites for hydroxylation is 1. The van der Waals surface area contributed by atoms with Gasteiger partial charge in [0.2, 0.25) is 11.8 Å². The SMILES string of the molecule is O=C1CCN(c2n[nH]c3cc(N4CCC(O)(CC(=O)N5CCN(c6ccc(-c7cc(F)c8cn(C(C(=O)Nc9nccs9)c9ncn%10c9CCC%10)nc8c7)cc6)CC5)CC4)ccc23)C(=O)N1. The predicted octanol–water partition coefficient (Wildman–Crippen LogP) is 5.06. The fourth-order valence-electron chi connectivity index (χ4n) is 9.75. The molecule has 3 fully saturated rings. The number of piperidine rings is 1. The van der Waals surface area contributed by atoms with Crippen LogP contribution in [0.4, 0.5) is 31.5 Å². The molecule has 4 N–H and O–H groups in total. The Labute approximate surface area is 381 Å². The largest absolute Gasteiger partial charge is 0.389 e. The molecule has 18 nitrogen and oxygen atoms in total. The fourth-order valence-corrected chi connectivity index (χ4v) is 10.3. The van der Waals surface area contributed by atoms with Crippen molar-refractivity contribution in [1.29, 1.82) is 0 Å². The first-order chi connectivity index (χ1) is 32.1. The lowest BCUT2D eigenvalue weighted by Crippen LogP contribution is -2.52. The number of urea groups is 1. The number of anilines is 4. The number of imide groups is 1. The molecule has 3 aromatic carbocycles. The number of halogens is 1. The first-order valence-corrected chi connectivity index (χ1v) is 23.1. The highest BCUT2D eigenvalue weighted by Crippen LogP contribution is 2.35. The number of carbonyl (C=O) groups excluding carboxylic acids is 4. The van der Waals surface area contributed by atoms with Gasteiger partial charge < -0.3 is 24.4 Å². The highest BCUT2D eigenvalue weighted by atomic mass is 32.1. The first-order valence-electron chi connectivity index (χ1n) is 22.2. The number of aliphatic hydroxyl groups is 1. The Morgan fingerprint density at radius 2 is 1.67 bits per heavy atom. The summed E-state index contributed by atoms with van der Waals surface area (Å²) in [5.41, 5.74) is 5.03. The molecule has 1 atom stereocenters. The topological polar surface area (TPSA) is 203 Å². The number of nitrogens with one attached hydrogen (secondary N) is 3. The van der Waals surface area contributed by atoms with E-state index in [9.17, 15) is 24.3 Å². The van der Waals surface area contributed by atoms with Crippen LogP contribution in [-0.4, -0.2) is 120 Å². The van der Waals surface area contributed by atoms with Crippen LogP contribution in [0.3, 0.4) is 0 Å². The van der Waals surface area contributed by atoms with Gasteiger partial charge in [-0.1, -0.05) is 12.1 Å². The molecule has 66 heavy (non-hydrogen) atoms. The third-order valence-electron chi connectivity index (χ3n) is 13.4. The Bertz CT molecular complexity index is 3000. The monoisotopic (exact) mass is 911 g/mol. The van der Waals surface area contributed by atoms with Gasteiger partial charge in [-0.15, -0.1) is 11.3 Å². The number of amides is 5. The number of hydrogen-bond donors (Lipinski definition) is 4. The molecule has 20 heteroatoms. The van der Waals surface area contributed by atoms with Crippen LogP contribution < -0.4 is 25.3 Å². The summed E-state index contributed by atoms with van der Waals surface area (Å²) in [5, 5.41) is 32.2. The summed E-state index contributed by atoms with van der Waals surface area (Å²) in [5.74, 6) is -0.694. The molecule has 8 heterocycles. The van der Waals surface area contributed by atoms with Gasteiger partial charge in [0.1, 0.15) is 5.82 Å². The molecule has 7 aromatic rings.